The molecule has 0 aliphatic rings. The third kappa shape index (κ3) is 2.73. The van der Waals surface area contributed by atoms with Crippen LogP contribution in [0.15, 0.2) is 28.2 Å². The number of nitrogens with one attached hydrogen (secondary N) is 1. The van der Waals surface area contributed by atoms with Crippen molar-refractivity contribution in [3.8, 4) is 0 Å². The number of hydrogen-bond donors (Lipinski definition) is 1. The van der Waals surface area contributed by atoms with Crippen molar-refractivity contribution in [1.29, 1.82) is 0 Å². The fourth-order valence-electron chi connectivity index (χ4n) is 1.63. The molecule has 0 saturated carbocycles. The first-order chi connectivity index (χ1) is 8.56. The van der Waals surface area contributed by atoms with Gasteiger partial charge in [0.05, 0.1) is 6.54 Å². The molecule has 0 aliphatic heterocycles. The molecule has 0 unspecified atom stereocenters. The number of H-pyrrole nitrogens is 1. The second-order valence-electron chi connectivity index (χ2n) is 4.49. The second kappa shape index (κ2) is 4.99. The molecular weight excluding hydrogens is 234 g/mol. The van der Waals surface area contributed by atoms with Crippen molar-refractivity contribution >= 4 is 0 Å². The molecule has 0 amide bonds. The molecule has 0 fully saturated rings. The minimum absolute atomic E-state index is 0.294. The monoisotopic (exact) mass is 249 g/mol. The van der Waals surface area contributed by atoms with Crippen LogP contribution in [0, 0.1) is 5.92 Å². The van der Waals surface area contributed by atoms with Gasteiger partial charge >= 0.3 is 5.69 Å². The minimum Gasteiger partial charge on any atom is -0.293 e. The van der Waals surface area contributed by atoms with Crippen LogP contribution in [0.5, 0.6) is 0 Å². The van der Waals surface area contributed by atoms with Gasteiger partial charge in [0.15, 0.2) is 0 Å². The van der Waals surface area contributed by atoms with Crippen molar-refractivity contribution < 1.29 is 0 Å². The first kappa shape index (κ1) is 12.3. The van der Waals surface area contributed by atoms with Crippen LogP contribution in [0.2, 0.25) is 0 Å². The molecule has 0 saturated heterocycles. The van der Waals surface area contributed by atoms with E-state index in [1.807, 2.05) is 0 Å². The van der Waals surface area contributed by atoms with E-state index in [4.69, 9.17) is 0 Å². The molecule has 0 atom stereocenters. The van der Waals surface area contributed by atoms with Crippen LogP contribution in [0.4, 0.5) is 0 Å². The average Bonchev–Trinajstić information content (AvgIpc) is 2.69. The van der Waals surface area contributed by atoms with Gasteiger partial charge in [-0.25, -0.2) is 14.5 Å². The smallest absolute Gasteiger partial charge is 0.293 e. The van der Waals surface area contributed by atoms with Gasteiger partial charge in [-0.15, -0.1) is 0 Å². The molecule has 0 bridgehead atoms. The van der Waals surface area contributed by atoms with Gasteiger partial charge in [-0.3, -0.25) is 14.3 Å². The predicted molar refractivity (Wildman–Crippen MR) is 65.3 cm³/mol. The molecule has 2 rings (SSSR count). The van der Waals surface area contributed by atoms with Crippen LogP contribution in [-0.4, -0.2) is 24.3 Å². The number of rotatable bonds is 4. The largest absolute Gasteiger partial charge is 0.328 e. The summed E-state index contributed by atoms with van der Waals surface area (Å²) in [6.45, 7) is 5.20. The van der Waals surface area contributed by atoms with Crippen molar-refractivity contribution in [2.45, 2.75) is 26.9 Å². The fraction of sp³-hybridized carbons (Fsp3) is 0.455. The van der Waals surface area contributed by atoms with Gasteiger partial charge in [0.25, 0.3) is 5.56 Å². The van der Waals surface area contributed by atoms with E-state index in [1.54, 1.807) is 4.68 Å². The number of hydrogen-bond acceptors (Lipinski definition) is 4. The van der Waals surface area contributed by atoms with Crippen LogP contribution < -0.4 is 11.2 Å². The molecule has 0 aliphatic carbocycles. The minimum atomic E-state index is -0.443. The van der Waals surface area contributed by atoms with E-state index in [0.29, 0.717) is 18.3 Å². The summed E-state index contributed by atoms with van der Waals surface area (Å²) in [7, 11) is 0. The van der Waals surface area contributed by atoms with Crippen molar-refractivity contribution in [1.82, 2.24) is 24.3 Å². The summed E-state index contributed by atoms with van der Waals surface area (Å²) in [5.74, 6) is 1.13. The van der Waals surface area contributed by atoms with E-state index in [2.05, 4.69) is 28.9 Å². The van der Waals surface area contributed by atoms with Gasteiger partial charge in [0.2, 0.25) is 0 Å². The van der Waals surface area contributed by atoms with Gasteiger partial charge in [0, 0.05) is 18.8 Å². The van der Waals surface area contributed by atoms with Gasteiger partial charge in [0.1, 0.15) is 12.2 Å². The predicted octanol–water partition coefficient (Wildman–Crippen LogP) is -0.168. The lowest BCUT2D eigenvalue weighted by Gasteiger charge is -2.09. The standard InChI is InChI=1S/C11H15N5O2/c1-8(2)5-16-9(12-7-13-16)6-15-4-3-10(17)14-11(15)18/h3-4,7-8H,5-6H2,1-2H3,(H,14,17,18). The Bertz CT molecular complexity index is 637. The van der Waals surface area contributed by atoms with Gasteiger partial charge in [-0.2, -0.15) is 5.10 Å². The van der Waals surface area contributed by atoms with E-state index in [0.717, 1.165) is 6.54 Å². The number of aromatic nitrogens is 5. The molecular formula is C11H15N5O2. The number of aromatic amines is 1. The first-order valence-electron chi connectivity index (χ1n) is 5.72. The molecule has 2 aromatic heterocycles. The summed E-state index contributed by atoms with van der Waals surface area (Å²) in [4.78, 5) is 28.8. The Morgan fingerprint density at radius 3 is 2.83 bits per heavy atom. The molecule has 7 heteroatoms. The Hall–Kier alpha value is -2.18. The topological polar surface area (TPSA) is 85.6 Å². The van der Waals surface area contributed by atoms with E-state index in [1.165, 1.54) is 23.2 Å². The molecule has 0 radical (unpaired) electrons. The first-order valence-corrected chi connectivity index (χ1v) is 5.72. The second-order valence-corrected chi connectivity index (χ2v) is 4.49. The van der Waals surface area contributed by atoms with Gasteiger partial charge < -0.3 is 0 Å². The molecule has 1 N–H and O–H groups in total. The van der Waals surface area contributed by atoms with Gasteiger partial charge in [-0.05, 0) is 5.92 Å². The zero-order chi connectivity index (χ0) is 13.1. The van der Waals surface area contributed by atoms with E-state index in [9.17, 15) is 9.59 Å². The molecule has 7 nitrogen and oxygen atoms in total. The van der Waals surface area contributed by atoms with Crippen molar-refractivity contribution in [2.75, 3.05) is 0 Å². The van der Waals surface area contributed by atoms with Crippen LogP contribution in [-0.2, 0) is 13.1 Å². The lowest BCUT2D eigenvalue weighted by Crippen LogP contribution is -2.29. The Morgan fingerprint density at radius 1 is 1.39 bits per heavy atom. The van der Waals surface area contributed by atoms with Crippen molar-refractivity contribution in [3.63, 3.8) is 0 Å². The van der Waals surface area contributed by atoms with E-state index >= 15 is 0 Å². The molecule has 0 spiro atoms. The maximum absolute atomic E-state index is 11.5. The SMILES string of the molecule is CC(C)Cn1ncnc1Cn1ccc(=O)[nH]c1=O. The van der Waals surface area contributed by atoms with E-state index < -0.39 is 11.2 Å². The Balaban J connectivity index is 2.26. The Kier molecular flexibility index (Phi) is 3.40. The van der Waals surface area contributed by atoms with Crippen LogP contribution in [0.3, 0.4) is 0 Å². The van der Waals surface area contributed by atoms with Crippen LogP contribution in [0.25, 0.3) is 0 Å². The summed E-state index contributed by atoms with van der Waals surface area (Å²) in [6, 6.07) is 1.31. The zero-order valence-corrected chi connectivity index (χ0v) is 10.3. The van der Waals surface area contributed by atoms with Crippen LogP contribution in [0.1, 0.15) is 19.7 Å². The Labute approximate surface area is 103 Å². The van der Waals surface area contributed by atoms with Crippen molar-refractivity contribution in [3.05, 3.63) is 45.3 Å². The zero-order valence-electron chi connectivity index (χ0n) is 10.3. The summed E-state index contributed by atoms with van der Waals surface area (Å²) in [5.41, 5.74) is -0.846. The van der Waals surface area contributed by atoms with Crippen LogP contribution >= 0.6 is 0 Å². The Morgan fingerprint density at radius 2 is 2.17 bits per heavy atom. The third-order valence-corrected chi connectivity index (χ3v) is 2.44. The summed E-state index contributed by atoms with van der Waals surface area (Å²) in [6.07, 6.45) is 2.92. The quantitative estimate of drug-likeness (QED) is 0.815. The molecule has 2 heterocycles. The molecule has 0 aromatic carbocycles. The highest BCUT2D eigenvalue weighted by Crippen LogP contribution is 2.01. The summed E-state index contributed by atoms with van der Waals surface area (Å²) >= 11 is 0. The third-order valence-electron chi connectivity index (χ3n) is 2.44. The van der Waals surface area contributed by atoms with E-state index in [-0.39, 0.29) is 0 Å². The van der Waals surface area contributed by atoms with Gasteiger partial charge in [-0.1, -0.05) is 13.8 Å². The highest BCUT2D eigenvalue weighted by molar-refractivity contribution is 4.90. The normalized spacial score (nSPS) is 11.1. The highest BCUT2D eigenvalue weighted by atomic mass is 16.2. The molecule has 18 heavy (non-hydrogen) atoms. The number of nitrogens with zero attached hydrogens (tertiary/aromatic N) is 4. The van der Waals surface area contributed by atoms with Crippen molar-refractivity contribution in [2.24, 2.45) is 5.92 Å². The molecule has 2 aromatic rings. The highest BCUT2D eigenvalue weighted by Gasteiger charge is 2.07. The lowest BCUT2D eigenvalue weighted by atomic mass is 10.2. The summed E-state index contributed by atoms with van der Waals surface area (Å²) < 4.78 is 3.16. The fourth-order valence-corrected chi connectivity index (χ4v) is 1.63. The molecule has 96 valence electrons. The summed E-state index contributed by atoms with van der Waals surface area (Å²) in [5, 5.41) is 4.12. The average molecular weight is 249 g/mol. The maximum atomic E-state index is 11.5. The maximum Gasteiger partial charge on any atom is 0.328 e. The lowest BCUT2D eigenvalue weighted by molar-refractivity contribution is 0.459.